The Kier molecular flexibility index (Phi) is 2.52. The highest BCUT2D eigenvalue weighted by Gasteiger charge is 2.36. The molecule has 0 saturated carbocycles. The molecule has 0 aliphatic carbocycles. The smallest absolute Gasteiger partial charge is 0.250 e. The van der Waals surface area contributed by atoms with E-state index in [1.54, 1.807) is 16.7 Å². The fourth-order valence-corrected chi connectivity index (χ4v) is 3.05. The summed E-state index contributed by atoms with van der Waals surface area (Å²) in [6.45, 7) is 1.71. The third-order valence-corrected chi connectivity index (χ3v) is 3.75. The van der Waals surface area contributed by atoms with E-state index in [1.807, 2.05) is 6.07 Å². The van der Waals surface area contributed by atoms with Gasteiger partial charge in [-0.15, -0.1) is 10.3 Å². The largest absolute Gasteiger partial charge is 0.579 e. The van der Waals surface area contributed by atoms with Crippen molar-refractivity contribution in [2.45, 2.75) is 18.9 Å². The summed E-state index contributed by atoms with van der Waals surface area (Å²) >= 11 is 0. The van der Waals surface area contributed by atoms with Crippen LogP contribution in [0.3, 0.4) is 0 Å². The molecule has 0 amide bonds. The molecule has 2 aliphatic rings. The predicted molar refractivity (Wildman–Crippen MR) is 59.2 cm³/mol. The van der Waals surface area contributed by atoms with E-state index in [4.69, 9.17) is 5.21 Å². The molecule has 2 N–H and O–H groups in total. The second-order valence-corrected chi connectivity index (χ2v) is 4.89. The van der Waals surface area contributed by atoms with Crippen LogP contribution in [0.5, 0.6) is 0 Å². The summed E-state index contributed by atoms with van der Waals surface area (Å²) in [6.07, 6.45) is 0.993. The minimum Gasteiger partial charge on any atom is -0.579 e. The van der Waals surface area contributed by atoms with E-state index in [-0.39, 0.29) is 17.4 Å². The number of hydrogen-bond donors (Lipinski definition) is 2. The van der Waals surface area contributed by atoms with Gasteiger partial charge >= 0.3 is 0 Å². The second-order valence-electron chi connectivity index (χ2n) is 4.89. The Bertz CT molecular complexity index is 485. The van der Waals surface area contributed by atoms with E-state index in [0.717, 1.165) is 12.1 Å². The van der Waals surface area contributed by atoms with Gasteiger partial charge in [0.1, 0.15) is 0 Å². The first-order valence-corrected chi connectivity index (χ1v) is 5.83. The van der Waals surface area contributed by atoms with Crippen molar-refractivity contribution in [2.24, 2.45) is 5.92 Å². The van der Waals surface area contributed by atoms with Gasteiger partial charge in [-0.1, -0.05) is 6.07 Å². The van der Waals surface area contributed by atoms with Gasteiger partial charge in [0, 0.05) is 24.2 Å². The number of nitrogens with zero attached hydrogens (tertiary/aromatic N) is 2. The Morgan fingerprint density at radius 1 is 1.35 bits per heavy atom. The molecule has 0 aromatic carbocycles. The fourth-order valence-electron chi connectivity index (χ4n) is 3.05. The number of fused-ring (bicyclic) bond motifs is 4. The van der Waals surface area contributed by atoms with Crippen LogP contribution in [0.1, 0.15) is 18.0 Å². The summed E-state index contributed by atoms with van der Waals surface area (Å²) in [7, 11) is 0. The van der Waals surface area contributed by atoms with Crippen LogP contribution in [0.4, 0.5) is 0 Å². The number of aromatic nitrogens is 1. The van der Waals surface area contributed by atoms with Crippen LogP contribution in [-0.4, -0.2) is 27.9 Å². The van der Waals surface area contributed by atoms with Gasteiger partial charge in [0.25, 0.3) is 5.56 Å². The predicted octanol–water partition coefficient (Wildman–Crippen LogP) is -1.05. The minimum atomic E-state index is -0.855. The molecule has 1 fully saturated rings. The maximum atomic E-state index is 11.7. The Balaban J connectivity index is 1.98. The molecule has 1 saturated heterocycles. The molecule has 3 heterocycles. The van der Waals surface area contributed by atoms with E-state index in [0.29, 0.717) is 19.6 Å². The molecule has 6 nitrogen and oxygen atoms in total. The molecule has 0 spiro atoms. The van der Waals surface area contributed by atoms with Crippen molar-refractivity contribution in [1.82, 2.24) is 9.58 Å². The Labute approximate surface area is 98.2 Å². The third kappa shape index (κ3) is 1.79. The first kappa shape index (κ1) is 10.9. The van der Waals surface area contributed by atoms with Crippen molar-refractivity contribution in [2.75, 3.05) is 13.1 Å². The van der Waals surface area contributed by atoms with Gasteiger partial charge in [0.2, 0.25) is 0 Å². The lowest BCUT2D eigenvalue weighted by atomic mass is 9.84. The summed E-state index contributed by atoms with van der Waals surface area (Å²) in [5.74, 6) is 0.449. The van der Waals surface area contributed by atoms with Crippen molar-refractivity contribution in [3.8, 4) is 0 Å². The fraction of sp³-hybridized carbons (Fsp3) is 0.545. The van der Waals surface area contributed by atoms with E-state index < -0.39 is 5.34 Å². The standard InChI is InChI=1S/C11H15N3O3/c15-11-3-1-2-10-9-4-8(6-13(10)11)5-12(7-9)14(16)17/h1-3,8-9,14,16H,4-7H2/t8-,9-/m0/s1. The minimum absolute atomic E-state index is 0.0287. The lowest BCUT2D eigenvalue weighted by Gasteiger charge is -2.42. The summed E-state index contributed by atoms with van der Waals surface area (Å²) in [5, 5.41) is 20.7. The topological polar surface area (TPSA) is 73.0 Å². The Hall–Kier alpha value is -1.21. The van der Waals surface area contributed by atoms with Crippen molar-refractivity contribution in [3.05, 3.63) is 39.5 Å². The van der Waals surface area contributed by atoms with Crippen LogP contribution in [0.2, 0.25) is 0 Å². The van der Waals surface area contributed by atoms with Gasteiger partial charge in [0.05, 0.1) is 13.1 Å². The Morgan fingerprint density at radius 2 is 2.18 bits per heavy atom. The summed E-state index contributed by atoms with van der Waals surface area (Å²) < 4.78 is 1.80. The summed E-state index contributed by atoms with van der Waals surface area (Å²) in [5.41, 5.74) is 1.01. The number of pyridine rings is 1. The Morgan fingerprint density at radius 3 is 2.94 bits per heavy atom. The van der Waals surface area contributed by atoms with Crippen molar-refractivity contribution < 1.29 is 10.5 Å². The van der Waals surface area contributed by atoms with Crippen LogP contribution in [0, 0.1) is 11.1 Å². The van der Waals surface area contributed by atoms with Crippen molar-refractivity contribution in [1.29, 1.82) is 0 Å². The maximum absolute atomic E-state index is 11.7. The first-order valence-electron chi connectivity index (χ1n) is 5.83. The van der Waals surface area contributed by atoms with Gasteiger partial charge < -0.3 is 9.77 Å². The van der Waals surface area contributed by atoms with Crippen LogP contribution < -0.4 is 10.9 Å². The molecule has 1 unspecified atom stereocenters. The van der Waals surface area contributed by atoms with Crippen LogP contribution in [0.25, 0.3) is 0 Å². The molecule has 2 bridgehead atoms. The molecule has 1 aromatic rings. The zero-order valence-electron chi connectivity index (χ0n) is 9.37. The molecule has 6 heteroatoms. The van der Waals surface area contributed by atoms with E-state index in [9.17, 15) is 10.0 Å². The number of hydrogen-bond acceptors (Lipinski definition) is 4. The van der Waals surface area contributed by atoms with Crippen LogP contribution >= 0.6 is 0 Å². The highest BCUT2D eigenvalue weighted by Crippen LogP contribution is 2.33. The van der Waals surface area contributed by atoms with Gasteiger partial charge in [-0.25, -0.2) is 0 Å². The summed E-state index contributed by atoms with van der Waals surface area (Å²) in [6, 6.07) is 5.27. The lowest BCUT2D eigenvalue weighted by Crippen LogP contribution is -3.12. The van der Waals surface area contributed by atoms with Gasteiger partial charge in [-0.2, -0.15) is 5.21 Å². The quantitative estimate of drug-likeness (QED) is 0.612. The normalized spacial score (nSPS) is 29.8. The van der Waals surface area contributed by atoms with Crippen molar-refractivity contribution in [3.63, 3.8) is 0 Å². The molecule has 0 radical (unpaired) electrons. The molecular weight excluding hydrogens is 222 g/mol. The lowest BCUT2D eigenvalue weighted by molar-refractivity contribution is -1.14. The van der Waals surface area contributed by atoms with Gasteiger partial charge in [-0.05, 0) is 18.4 Å². The molecule has 92 valence electrons. The zero-order chi connectivity index (χ0) is 12.0. The molecule has 3 atom stereocenters. The highest BCUT2D eigenvalue weighted by molar-refractivity contribution is 5.16. The van der Waals surface area contributed by atoms with Crippen LogP contribution in [-0.2, 0) is 6.54 Å². The SMILES string of the molecule is O=c1cccc2n1C[C@H]1C[C@H]2CN([NH+]([O-])O)C1. The molecule has 17 heavy (non-hydrogen) atoms. The molecule has 2 aliphatic heterocycles. The van der Waals surface area contributed by atoms with Crippen LogP contribution in [0.15, 0.2) is 23.0 Å². The van der Waals surface area contributed by atoms with Gasteiger partial charge in [-0.3, -0.25) is 4.79 Å². The average molecular weight is 237 g/mol. The second kappa shape index (κ2) is 3.92. The number of quaternary nitrogens is 1. The van der Waals surface area contributed by atoms with E-state index in [1.165, 1.54) is 5.01 Å². The number of nitrogens with one attached hydrogen (secondary N) is 1. The number of rotatable bonds is 1. The zero-order valence-corrected chi connectivity index (χ0v) is 9.37. The van der Waals surface area contributed by atoms with Crippen molar-refractivity contribution >= 4 is 0 Å². The highest BCUT2D eigenvalue weighted by atomic mass is 16.8. The first-order chi connectivity index (χ1) is 8.15. The molecule has 1 aromatic heterocycles. The number of piperidine rings is 1. The van der Waals surface area contributed by atoms with E-state index in [2.05, 4.69) is 0 Å². The molecular formula is C11H15N3O3. The van der Waals surface area contributed by atoms with Gasteiger partial charge in [0.15, 0.2) is 0 Å². The average Bonchev–Trinajstić information content (AvgIpc) is 2.30. The van der Waals surface area contributed by atoms with E-state index >= 15 is 0 Å². The monoisotopic (exact) mass is 237 g/mol. The summed E-state index contributed by atoms with van der Waals surface area (Å²) in [4.78, 5) is 11.7. The maximum Gasteiger partial charge on any atom is 0.250 e. The third-order valence-electron chi connectivity index (χ3n) is 3.75. The molecule has 3 rings (SSSR count).